The number of para-hydroxylation sites is 1. The van der Waals surface area contributed by atoms with E-state index in [-0.39, 0.29) is 11.8 Å². The number of anilines is 1. The van der Waals surface area contributed by atoms with Crippen molar-refractivity contribution in [3.05, 3.63) is 30.3 Å². The predicted molar refractivity (Wildman–Crippen MR) is 94.8 cm³/mol. The molecule has 0 radical (unpaired) electrons. The lowest BCUT2D eigenvalue weighted by Crippen LogP contribution is -2.53. The zero-order valence-corrected chi connectivity index (χ0v) is 14.5. The highest BCUT2D eigenvalue weighted by molar-refractivity contribution is 6.07. The Morgan fingerprint density at radius 2 is 1.75 bits per heavy atom. The first-order chi connectivity index (χ1) is 11.7. The fourth-order valence-corrected chi connectivity index (χ4v) is 3.32. The summed E-state index contributed by atoms with van der Waals surface area (Å²) in [7, 11) is 0. The van der Waals surface area contributed by atoms with Gasteiger partial charge in [-0.1, -0.05) is 31.5 Å². The third-order valence-corrected chi connectivity index (χ3v) is 5.10. The topological polar surface area (TPSA) is 52.7 Å². The average Bonchev–Trinajstić information content (AvgIpc) is 3.44. The van der Waals surface area contributed by atoms with Gasteiger partial charge in [0.25, 0.3) is 0 Å². The summed E-state index contributed by atoms with van der Waals surface area (Å²) < 4.78 is 0. The van der Waals surface area contributed by atoms with Crippen LogP contribution < -0.4 is 10.2 Å². The van der Waals surface area contributed by atoms with E-state index in [1.807, 2.05) is 23.1 Å². The Bertz CT molecular complexity index is 576. The van der Waals surface area contributed by atoms with E-state index in [4.69, 9.17) is 0 Å². The number of hydrogen-bond acceptors (Lipinski definition) is 3. The van der Waals surface area contributed by atoms with Gasteiger partial charge in [0.2, 0.25) is 11.8 Å². The summed E-state index contributed by atoms with van der Waals surface area (Å²) in [4.78, 5) is 29.4. The van der Waals surface area contributed by atoms with Crippen LogP contribution in [0, 0.1) is 5.41 Å². The Morgan fingerprint density at radius 1 is 1.08 bits per heavy atom. The van der Waals surface area contributed by atoms with Gasteiger partial charge in [0.15, 0.2) is 0 Å². The Morgan fingerprint density at radius 3 is 2.33 bits per heavy atom. The predicted octanol–water partition coefficient (Wildman–Crippen LogP) is 2.03. The van der Waals surface area contributed by atoms with E-state index < -0.39 is 5.41 Å². The Labute approximate surface area is 144 Å². The van der Waals surface area contributed by atoms with Gasteiger partial charge in [-0.15, -0.1) is 0 Å². The molecule has 1 saturated carbocycles. The van der Waals surface area contributed by atoms with Crippen LogP contribution in [0.1, 0.15) is 32.6 Å². The molecule has 0 spiro atoms. The standard InChI is InChI=1S/C19H27N3O2/c1-2-3-11-20-17(23)19(9-10-19)18(24)22-14-12-21(13-15-22)16-7-5-4-6-8-16/h4-8H,2-3,9-15H2,1H3,(H,20,23). The highest BCUT2D eigenvalue weighted by Crippen LogP contribution is 2.47. The van der Waals surface area contributed by atoms with Crippen molar-refractivity contribution in [3.8, 4) is 0 Å². The minimum Gasteiger partial charge on any atom is -0.368 e. The SMILES string of the molecule is CCCCNC(=O)C1(C(=O)N2CCN(c3ccccc3)CC2)CC1. The van der Waals surface area contributed by atoms with Crippen LogP contribution in [0.15, 0.2) is 30.3 Å². The third-order valence-electron chi connectivity index (χ3n) is 5.10. The van der Waals surface area contributed by atoms with Crippen LogP contribution in [-0.4, -0.2) is 49.4 Å². The lowest BCUT2D eigenvalue weighted by Gasteiger charge is -2.37. The molecule has 24 heavy (non-hydrogen) atoms. The molecular formula is C19H27N3O2. The van der Waals surface area contributed by atoms with Gasteiger partial charge >= 0.3 is 0 Å². The van der Waals surface area contributed by atoms with Crippen LogP contribution in [0.4, 0.5) is 5.69 Å². The molecule has 130 valence electrons. The summed E-state index contributed by atoms with van der Waals surface area (Å²) in [6.07, 6.45) is 3.40. The zero-order valence-electron chi connectivity index (χ0n) is 14.5. The van der Waals surface area contributed by atoms with Gasteiger partial charge in [-0.05, 0) is 31.4 Å². The van der Waals surface area contributed by atoms with E-state index in [1.54, 1.807) is 0 Å². The molecule has 1 aliphatic carbocycles. The molecule has 1 heterocycles. The van der Waals surface area contributed by atoms with Gasteiger partial charge in [-0.25, -0.2) is 0 Å². The summed E-state index contributed by atoms with van der Waals surface area (Å²) in [5.41, 5.74) is 0.436. The van der Waals surface area contributed by atoms with Crippen molar-refractivity contribution in [2.75, 3.05) is 37.6 Å². The van der Waals surface area contributed by atoms with Crippen LogP contribution in [0.3, 0.4) is 0 Å². The van der Waals surface area contributed by atoms with E-state index in [9.17, 15) is 9.59 Å². The highest BCUT2D eigenvalue weighted by atomic mass is 16.2. The van der Waals surface area contributed by atoms with E-state index >= 15 is 0 Å². The van der Waals surface area contributed by atoms with Crippen molar-refractivity contribution in [1.29, 1.82) is 0 Å². The molecule has 2 fully saturated rings. The summed E-state index contributed by atoms with van der Waals surface area (Å²) in [5, 5.41) is 2.94. The molecule has 2 amide bonds. The first-order valence-corrected chi connectivity index (χ1v) is 9.05. The minimum atomic E-state index is -0.761. The maximum atomic E-state index is 12.8. The van der Waals surface area contributed by atoms with Crippen LogP contribution in [0.25, 0.3) is 0 Å². The number of rotatable bonds is 6. The number of unbranched alkanes of at least 4 members (excludes halogenated alkanes) is 1. The van der Waals surface area contributed by atoms with Crippen molar-refractivity contribution >= 4 is 17.5 Å². The molecule has 1 saturated heterocycles. The van der Waals surface area contributed by atoms with Gasteiger partial charge in [0.05, 0.1) is 0 Å². The number of benzene rings is 1. The fraction of sp³-hybridized carbons (Fsp3) is 0.579. The molecule has 5 heteroatoms. The maximum Gasteiger partial charge on any atom is 0.238 e. The van der Waals surface area contributed by atoms with Crippen LogP contribution in [-0.2, 0) is 9.59 Å². The van der Waals surface area contributed by atoms with E-state index in [2.05, 4.69) is 29.3 Å². The second-order valence-corrected chi connectivity index (χ2v) is 6.81. The number of carbonyl (C=O) groups is 2. The van der Waals surface area contributed by atoms with Crippen molar-refractivity contribution < 1.29 is 9.59 Å². The molecule has 1 aromatic rings. The first kappa shape index (κ1) is 16.8. The van der Waals surface area contributed by atoms with Gasteiger partial charge in [-0.2, -0.15) is 0 Å². The van der Waals surface area contributed by atoms with Crippen molar-refractivity contribution in [1.82, 2.24) is 10.2 Å². The lowest BCUT2D eigenvalue weighted by molar-refractivity contribution is -0.144. The molecule has 2 aliphatic rings. The third kappa shape index (κ3) is 3.40. The molecule has 1 aliphatic heterocycles. The number of hydrogen-bond donors (Lipinski definition) is 1. The summed E-state index contributed by atoms with van der Waals surface area (Å²) >= 11 is 0. The van der Waals surface area contributed by atoms with Gasteiger partial charge in [0, 0.05) is 38.4 Å². The molecule has 5 nitrogen and oxygen atoms in total. The Kier molecular flexibility index (Phi) is 5.07. The highest BCUT2D eigenvalue weighted by Gasteiger charge is 2.57. The van der Waals surface area contributed by atoms with Crippen molar-refractivity contribution in [2.24, 2.45) is 5.41 Å². The van der Waals surface area contributed by atoms with E-state index in [0.717, 1.165) is 25.9 Å². The summed E-state index contributed by atoms with van der Waals surface area (Å²) in [5.74, 6) is -0.0318. The number of nitrogens with one attached hydrogen (secondary N) is 1. The first-order valence-electron chi connectivity index (χ1n) is 9.05. The van der Waals surface area contributed by atoms with Gasteiger partial charge < -0.3 is 15.1 Å². The average molecular weight is 329 g/mol. The summed E-state index contributed by atoms with van der Waals surface area (Å²) in [6.45, 7) is 5.80. The largest absolute Gasteiger partial charge is 0.368 e. The number of nitrogens with zero attached hydrogens (tertiary/aromatic N) is 2. The van der Waals surface area contributed by atoms with Crippen LogP contribution in [0.2, 0.25) is 0 Å². The molecule has 1 N–H and O–H groups in total. The maximum absolute atomic E-state index is 12.8. The molecule has 0 unspecified atom stereocenters. The molecule has 1 aromatic carbocycles. The number of piperazine rings is 1. The lowest BCUT2D eigenvalue weighted by atomic mass is 10.0. The normalized spacial score (nSPS) is 19.0. The quantitative estimate of drug-likeness (QED) is 0.642. The number of carbonyl (C=O) groups excluding carboxylic acids is 2. The van der Waals surface area contributed by atoms with Crippen LogP contribution >= 0.6 is 0 Å². The van der Waals surface area contributed by atoms with Gasteiger partial charge in [0.1, 0.15) is 5.41 Å². The summed E-state index contributed by atoms with van der Waals surface area (Å²) in [6, 6.07) is 10.3. The van der Waals surface area contributed by atoms with E-state index in [0.29, 0.717) is 32.5 Å². The smallest absolute Gasteiger partial charge is 0.238 e. The Hall–Kier alpha value is -2.04. The molecule has 3 rings (SSSR count). The van der Waals surface area contributed by atoms with Crippen LogP contribution in [0.5, 0.6) is 0 Å². The number of amides is 2. The minimum absolute atomic E-state index is 0.0317. The molecule has 0 aromatic heterocycles. The fourth-order valence-electron chi connectivity index (χ4n) is 3.32. The second-order valence-electron chi connectivity index (χ2n) is 6.81. The van der Waals surface area contributed by atoms with Crippen molar-refractivity contribution in [3.63, 3.8) is 0 Å². The monoisotopic (exact) mass is 329 g/mol. The molecular weight excluding hydrogens is 302 g/mol. The van der Waals surface area contributed by atoms with Gasteiger partial charge in [-0.3, -0.25) is 9.59 Å². The zero-order chi connectivity index (χ0) is 17.0. The van der Waals surface area contributed by atoms with E-state index in [1.165, 1.54) is 5.69 Å². The molecule has 0 bridgehead atoms. The Balaban J connectivity index is 1.54. The second kappa shape index (κ2) is 7.24. The molecule has 0 atom stereocenters. The van der Waals surface area contributed by atoms with Crippen molar-refractivity contribution in [2.45, 2.75) is 32.6 Å².